The van der Waals surface area contributed by atoms with Gasteiger partial charge in [0.05, 0.1) is 4.92 Å². The molecule has 0 radical (unpaired) electrons. The van der Waals surface area contributed by atoms with Gasteiger partial charge in [0.25, 0.3) is 0 Å². The van der Waals surface area contributed by atoms with E-state index in [-0.39, 0.29) is 17.4 Å². The topological polar surface area (TPSA) is 102 Å². The Hall–Kier alpha value is -2.12. The van der Waals surface area contributed by atoms with Crippen molar-refractivity contribution < 1.29 is 9.72 Å². The number of aromatic nitrogens is 2. The Labute approximate surface area is 105 Å². The molecule has 0 saturated carbocycles. The second-order valence-corrected chi connectivity index (χ2v) is 3.86. The van der Waals surface area contributed by atoms with E-state index < -0.39 is 11.0 Å². The van der Waals surface area contributed by atoms with Gasteiger partial charge in [-0.2, -0.15) is 5.10 Å². The quantitative estimate of drug-likeness (QED) is 0.587. The minimum Gasteiger partial charge on any atom is -0.357 e. The minimum absolute atomic E-state index is 0.0734. The average Bonchev–Trinajstić information content (AvgIpc) is 2.65. The number of carbonyl (C=O) groups is 1. The summed E-state index contributed by atoms with van der Waals surface area (Å²) in [4.78, 5) is 22.0. The molecule has 8 nitrogen and oxygen atoms in total. The molecule has 1 unspecified atom stereocenters. The third-order valence-corrected chi connectivity index (χ3v) is 2.60. The molecule has 0 spiro atoms. The summed E-state index contributed by atoms with van der Waals surface area (Å²) in [6.07, 6.45) is 0.459. The van der Waals surface area contributed by atoms with E-state index in [0.29, 0.717) is 12.1 Å². The highest BCUT2D eigenvalue weighted by Gasteiger charge is 2.27. The number of nitrogens with one attached hydrogen (secondary N) is 2. The van der Waals surface area contributed by atoms with Crippen LogP contribution in [-0.4, -0.2) is 33.7 Å². The molecule has 0 bridgehead atoms. The highest BCUT2D eigenvalue weighted by molar-refractivity contribution is 5.84. The molecular weight excluding hydrogens is 238 g/mol. The summed E-state index contributed by atoms with van der Waals surface area (Å²) >= 11 is 0. The number of amides is 1. The second kappa shape index (κ2) is 5.48. The molecule has 1 atom stereocenters. The summed E-state index contributed by atoms with van der Waals surface area (Å²) in [5.41, 5.74) is 0.324. The van der Waals surface area contributed by atoms with Crippen molar-refractivity contribution in [1.29, 1.82) is 0 Å². The number of anilines is 1. The SMILES string of the molecule is CCc1nn(C)c(NC(C)C(=O)NC)c1[N+](=O)[O-]. The third-order valence-electron chi connectivity index (χ3n) is 2.60. The largest absolute Gasteiger partial charge is 0.357 e. The van der Waals surface area contributed by atoms with Gasteiger partial charge in [0.1, 0.15) is 11.7 Å². The molecule has 8 heteroatoms. The fraction of sp³-hybridized carbons (Fsp3) is 0.600. The predicted molar refractivity (Wildman–Crippen MR) is 66.4 cm³/mol. The first-order chi connectivity index (χ1) is 8.42. The molecule has 1 amide bonds. The molecule has 1 aromatic heterocycles. The Morgan fingerprint density at radius 3 is 2.67 bits per heavy atom. The summed E-state index contributed by atoms with van der Waals surface area (Å²) < 4.78 is 1.39. The number of hydrogen-bond acceptors (Lipinski definition) is 5. The van der Waals surface area contributed by atoms with Gasteiger partial charge < -0.3 is 10.6 Å². The van der Waals surface area contributed by atoms with E-state index >= 15 is 0 Å². The number of likely N-dealkylation sites (N-methyl/N-ethyl adjacent to an activating group) is 1. The van der Waals surface area contributed by atoms with Crippen molar-refractivity contribution in [3.8, 4) is 0 Å². The lowest BCUT2D eigenvalue weighted by molar-refractivity contribution is -0.384. The third kappa shape index (κ3) is 2.58. The first-order valence-corrected chi connectivity index (χ1v) is 5.60. The first-order valence-electron chi connectivity index (χ1n) is 5.60. The Morgan fingerprint density at radius 1 is 1.61 bits per heavy atom. The van der Waals surface area contributed by atoms with Crippen LogP contribution in [0.25, 0.3) is 0 Å². The maximum absolute atomic E-state index is 11.4. The minimum atomic E-state index is -0.575. The molecule has 0 aliphatic rings. The molecule has 0 aliphatic heterocycles. The van der Waals surface area contributed by atoms with Crippen LogP contribution in [0.3, 0.4) is 0 Å². The van der Waals surface area contributed by atoms with Crippen LogP contribution < -0.4 is 10.6 Å². The second-order valence-electron chi connectivity index (χ2n) is 3.86. The number of nitro groups is 1. The predicted octanol–water partition coefficient (Wildman–Crippen LogP) is 0.437. The molecule has 1 aromatic rings. The van der Waals surface area contributed by atoms with Crippen molar-refractivity contribution in [2.45, 2.75) is 26.3 Å². The Bertz CT molecular complexity index is 468. The molecule has 0 aromatic carbocycles. The summed E-state index contributed by atoms with van der Waals surface area (Å²) in [6, 6.07) is -0.575. The van der Waals surface area contributed by atoms with Gasteiger partial charge in [-0.05, 0) is 13.3 Å². The normalized spacial score (nSPS) is 12.0. The Kier molecular flexibility index (Phi) is 4.24. The molecule has 0 saturated heterocycles. The van der Waals surface area contributed by atoms with E-state index in [4.69, 9.17) is 0 Å². The molecular formula is C10H17N5O3. The number of rotatable bonds is 5. The number of aryl methyl sites for hydroxylation is 2. The average molecular weight is 255 g/mol. The number of hydrogen-bond donors (Lipinski definition) is 2. The van der Waals surface area contributed by atoms with Gasteiger partial charge in [0, 0.05) is 14.1 Å². The van der Waals surface area contributed by atoms with Gasteiger partial charge in [-0.15, -0.1) is 0 Å². The highest BCUT2D eigenvalue weighted by atomic mass is 16.6. The summed E-state index contributed by atoms with van der Waals surface area (Å²) in [5, 5.41) is 20.4. The lowest BCUT2D eigenvalue weighted by Crippen LogP contribution is -2.35. The summed E-state index contributed by atoms with van der Waals surface area (Å²) in [5.74, 6) is -0.00324. The van der Waals surface area contributed by atoms with Gasteiger partial charge in [0.15, 0.2) is 0 Å². The molecule has 0 aliphatic carbocycles. The van der Waals surface area contributed by atoms with E-state index in [9.17, 15) is 14.9 Å². The standard InChI is InChI=1S/C10H17N5O3/c1-5-7-8(15(17)18)9(14(4)13-7)12-6(2)10(16)11-3/h6,12H,5H2,1-4H3,(H,11,16). The fourth-order valence-electron chi connectivity index (χ4n) is 1.65. The van der Waals surface area contributed by atoms with Crippen molar-refractivity contribution >= 4 is 17.4 Å². The number of carbonyl (C=O) groups excluding carboxylic acids is 1. The van der Waals surface area contributed by atoms with Crippen LogP contribution in [0.15, 0.2) is 0 Å². The van der Waals surface area contributed by atoms with Gasteiger partial charge in [-0.25, -0.2) is 4.68 Å². The zero-order chi connectivity index (χ0) is 13.9. The van der Waals surface area contributed by atoms with Crippen LogP contribution in [-0.2, 0) is 18.3 Å². The van der Waals surface area contributed by atoms with Crippen molar-refractivity contribution in [2.24, 2.45) is 7.05 Å². The van der Waals surface area contributed by atoms with Gasteiger partial charge in [-0.3, -0.25) is 14.9 Å². The molecule has 2 N–H and O–H groups in total. The molecule has 100 valence electrons. The van der Waals surface area contributed by atoms with E-state index in [1.54, 1.807) is 20.9 Å². The summed E-state index contributed by atoms with van der Waals surface area (Å²) in [6.45, 7) is 3.42. The van der Waals surface area contributed by atoms with E-state index in [1.807, 2.05) is 0 Å². The maximum atomic E-state index is 11.4. The highest BCUT2D eigenvalue weighted by Crippen LogP contribution is 2.28. The Balaban J connectivity index is 3.12. The van der Waals surface area contributed by atoms with E-state index in [0.717, 1.165) is 0 Å². The van der Waals surface area contributed by atoms with Crippen LogP contribution in [0, 0.1) is 10.1 Å². The summed E-state index contributed by atoms with van der Waals surface area (Å²) in [7, 11) is 3.11. The van der Waals surface area contributed by atoms with Crippen LogP contribution in [0.2, 0.25) is 0 Å². The molecule has 18 heavy (non-hydrogen) atoms. The zero-order valence-electron chi connectivity index (χ0n) is 10.9. The van der Waals surface area contributed by atoms with Crippen LogP contribution in [0.1, 0.15) is 19.5 Å². The monoisotopic (exact) mass is 255 g/mol. The van der Waals surface area contributed by atoms with Crippen LogP contribution in [0.4, 0.5) is 11.5 Å². The van der Waals surface area contributed by atoms with Crippen molar-refractivity contribution in [3.63, 3.8) is 0 Å². The Morgan fingerprint density at radius 2 is 2.22 bits per heavy atom. The van der Waals surface area contributed by atoms with Gasteiger partial charge in [-0.1, -0.05) is 6.92 Å². The lowest BCUT2D eigenvalue weighted by atomic mass is 10.2. The van der Waals surface area contributed by atoms with Gasteiger partial charge in [0.2, 0.25) is 11.7 Å². The van der Waals surface area contributed by atoms with Crippen LogP contribution in [0.5, 0.6) is 0 Å². The molecule has 1 rings (SSSR count). The molecule has 0 fully saturated rings. The number of nitrogens with zero attached hydrogens (tertiary/aromatic N) is 3. The van der Waals surface area contributed by atoms with Crippen LogP contribution >= 0.6 is 0 Å². The van der Waals surface area contributed by atoms with Crippen molar-refractivity contribution in [2.75, 3.05) is 12.4 Å². The first kappa shape index (κ1) is 13.9. The van der Waals surface area contributed by atoms with Crippen molar-refractivity contribution in [3.05, 3.63) is 15.8 Å². The fourth-order valence-corrected chi connectivity index (χ4v) is 1.65. The zero-order valence-corrected chi connectivity index (χ0v) is 10.9. The van der Waals surface area contributed by atoms with Crippen molar-refractivity contribution in [1.82, 2.24) is 15.1 Å². The molecule has 1 heterocycles. The van der Waals surface area contributed by atoms with E-state index in [2.05, 4.69) is 15.7 Å². The van der Waals surface area contributed by atoms with Gasteiger partial charge >= 0.3 is 5.69 Å². The maximum Gasteiger partial charge on any atom is 0.334 e. The lowest BCUT2D eigenvalue weighted by Gasteiger charge is -2.12. The van der Waals surface area contributed by atoms with E-state index in [1.165, 1.54) is 11.7 Å². The smallest absolute Gasteiger partial charge is 0.334 e.